The maximum atomic E-state index is 4.41. The summed E-state index contributed by atoms with van der Waals surface area (Å²) in [5.74, 6) is 0. The average molecular weight is 1690 g/mol. The quantitative estimate of drug-likeness (QED) is 0.173. The van der Waals surface area contributed by atoms with Crippen molar-refractivity contribution >= 4 is 158 Å². The number of nitrogens with zero attached hydrogens (tertiary/aromatic N) is 4. The molecule has 0 N–H and O–H groups in total. The van der Waals surface area contributed by atoms with Gasteiger partial charge in [-0.2, -0.15) is 0 Å². The number of aryl methyl sites for hydroxylation is 18. The number of fused-ring (bicyclic) bond motifs is 15. The van der Waals surface area contributed by atoms with E-state index in [-0.39, 0.29) is 0 Å². The summed E-state index contributed by atoms with van der Waals surface area (Å²) < 4.78 is 11.3. The summed E-state index contributed by atoms with van der Waals surface area (Å²) in [5, 5.41) is 19.2. The van der Waals surface area contributed by atoms with Gasteiger partial charge in [-0.05, 0) is 286 Å². The molecule has 616 valence electrons. The minimum Gasteiger partial charge on any atom is -0.262 e. The summed E-state index contributed by atoms with van der Waals surface area (Å²) in [6, 6.07) is 110. The Bertz CT molecular complexity index is 7150. The van der Waals surface area contributed by atoms with Crippen molar-refractivity contribution < 1.29 is 0 Å². The molecule has 0 saturated heterocycles. The van der Waals surface area contributed by atoms with Crippen LogP contribution in [0.25, 0.3) is 136 Å². The van der Waals surface area contributed by atoms with Crippen LogP contribution in [-0.2, 0) is 0 Å². The second kappa shape index (κ2) is 40.1. The SMILES string of the molecule is Cc1cc(C)c2ccccc2c1.Cc1ccc(-c2cccc(C)n2)nc1.Cc1ccc(-c2ccnc(C)c2)cn1.Cc1ccc2c(c1)sc1cc(C)ccc12.Cc1ccc2cc(C)ccc2c1.Cc1ccc2ccc(C)cc2c1.Cc1ccc2sc3c(C)cccc3c2c1.Cc1ccc2sc3ccc(C)cc3c2c1.Cc1cccc2c1sc1c(C)cccc12. The molecule has 0 unspecified atom stereocenters. The molecule has 8 heterocycles. The van der Waals surface area contributed by atoms with Gasteiger partial charge in [0.1, 0.15) is 0 Å². The smallest absolute Gasteiger partial charge is 0.0889 e. The van der Waals surface area contributed by atoms with Gasteiger partial charge < -0.3 is 0 Å². The van der Waals surface area contributed by atoms with Gasteiger partial charge in [-0.15, -0.1) is 45.3 Å². The summed E-state index contributed by atoms with van der Waals surface area (Å²) in [6.45, 7) is 38.1. The Morgan fingerprint density at radius 2 is 0.613 bits per heavy atom. The van der Waals surface area contributed by atoms with E-state index in [1.54, 1.807) is 0 Å². The highest BCUT2D eigenvalue weighted by atomic mass is 32.1. The fraction of sp³-hybridized carbons (Fsp3) is 0.155. The lowest BCUT2D eigenvalue weighted by molar-refractivity contribution is 1.17. The molecule has 0 aliphatic rings. The first kappa shape index (κ1) is 87.7. The highest BCUT2D eigenvalue weighted by molar-refractivity contribution is 7.27. The van der Waals surface area contributed by atoms with Gasteiger partial charge in [0.15, 0.2) is 0 Å². The van der Waals surface area contributed by atoms with Gasteiger partial charge >= 0.3 is 0 Å². The molecule has 124 heavy (non-hydrogen) atoms. The Morgan fingerprint density at radius 1 is 0.185 bits per heavy atom. The van der Waals surface area contributed by atoms with E-state index in [0.717, 1.165) is 34.0 Å². The van der Waals surface area contributed by atoms with Gasteiger partial charge in [-0.3, -0.25) is 19.9 Å². The number of benzene rings is 14. The Kier molecular flexibility index (Phi) is 28.4. The Hall–Kier alpha value is -12.7. The molecular weight excluding hydrogens is 1580 g/mol. The molecule has 0 fully saturated rings. The summed E-state index contributed by atoms with van der Waals surface area (Å²) >= 11 is 7.58. The van der Waals surface area contributed by atoms with E-state index >= 15 is 0 Å². The zero-order valence-electron chi connectivity index (χ0n) is 74.6. The molecule has 22 rings (SSSR count). The van der Waals surface area contributed by atoms with Crippen LogP contribution in [0, 0.1) is 125 Å². The number of thiophene rings is 4. The zero-order chi connectivity index (χ0) is 87.2. The van der Waals surface area contributed by atoms with Crippen molar-refractivity contribution in [1.29, 1.82) is 0 Å². The van der Waals surface area contributed by atoms with Gasteiger partial charge in [0.05, 0.1) is 11.4 Å². The van der Waals surface area contributed by atoms with E-state index in [0.29, 0.717) is 0 Å². The molecule has 8 heteroatoms. The van der Waals surface area contributed by atoms with E-state index in [4.69, 9.17) is 0 Å². The first-order valence-corrected chi connectivity index (χ1v) is 45.7. The molecule has 0 aliphatic carbocycles. The Balaban J connectivity index is 0.000000114. The molecule has 0 amide bonds. The molecule has 8 aromatic heterocycles. The number of hydrogen-bond donors (Lipinski definition) is 0. The third-order valence-electron chi connectivity index (χ3n) is 22.1. The predicted molar refractivity (Wildman–Crippen MR) is 549 cm³/mol. The van der Waals surface area contributed by atoms with Crippen LogP contribution in [-0.4, -0.2) is 19.9 Å². The monoisotopic (exact) mass is 1680 g/mol. The number of aromatic nitrogens is 4. The molecule has 0 spiro atoms. The van der Waals surface area contributed by atoms with E-state index in [1.807, 2.05) is 134 Å². The van der Waals surface area contributed by atoms with Crippen LogP contribution in [0.5, 0.6) is 0 Å². The second-order valence-electron chi connectivity index (χ2n) is 33.0. The molecule has 0 saturated carbocycles. The summed E-state index contributed by atoms with van der Waals surface area (Å²) in [4.78, 5) is 17.2. The first-order chi connectivity index (χ1) is 59.8. The Morgan fingerprint density at radius 3 is 1.12 bits per heavy atom. The second-order valence-corrected chi connectivity index (χ2v) is 37.3. The fourth-order valence-electron chi connectivity index (χ4n) is 15.5. The average Bonchev–Trinajstić information content (AvgIpc) is 1.62. The van der Waals surface area contributed by atoms with E-state index < -0.39 is 0 Å². The largest absolute Gasteiger partial charge is 0.262 e. The zero-order valence-corrected chi connectivity index (χ0v) is 77.9. The van der Waals surface area contributed by atoms with Crippen LogP contribution in [0.15, 0.2) is 328 Å². The van der Waals surface area contributed by atoms with Crippen molar-refractivity contribution in [2.75, 3.05) is 0 Å². The normalized spacial score (nSPS) is 10.8. The topological polar surface area (TPSA) is 51.6 Å². The number of rotatable bonds is 2. The van der Waals surface area contributed by atoms with Crippen molar-refractivity contribution in [3.8, 4) is 22.5 Å². The van der Waals surface area contributed by atoms with Gasteiger partial charge in [0, 0.05) is 122 Å². The van der Waals surface area contributed by atoms with Gasteiger partial charge in [-0.25, -0.2) is 0 Å². The molecule has 22 aromatic rings. The maximum absolute atomic E-state index is 4.41. The summed E-state index contributed by atoms with van der Waals surface area (Å²) in [6.07, 6.45) is 5.58. The highest BCUT2D eigenvalue weighted by Crippen LogP contribution is 2.40. The molecule has 4 nitrogen and oxygen atoms in total. The lowest BCUT2D eigenvalue weighted by Gasteiger charge is -2.02. The standard InChI is InChI=1S/4C14H12S.2C12H12N2.3C12H12/c1-9-3-5-13-11(7-9)12-8-10(2)4-6-14(12)15-13;1-9-3-5-11-12-6-4-10(2)8-14(12)15-13(11)7-9;1-9-5-3-7-11-12-8-4-6-10(2)14(12)15-13(9)11;1-9-6-7-13-12(8-9)11-5-3-4-10(2)14(11)15-13;1-9-3-4-12(8-14-9)11-5-6-13-10(2)7-11;1-9-6-7-11(13-8-9)12-5-3-4-10(2)14-12;1-9-3-5-12-8-10(2)4-6-11(12)7-9;1-9-3-5-11-6-4-10(2)8-12(11)7-9;1-9-7-10(2)12-6-4-3-5-11(12)8-9/h4*3-8H,1-2H3;2*3-8H,1-2H3;3*3-8H,1-2H3. The van der Waals surface area contributed by atoms with Crippen molar-refractivity contribution in [3.63, 3.8) is 0 Å². The molecular formula is C116H108N4S4. The van der Waals surface area contributed by atoms with Crippen LogP contribution in [0.3, 0.4) is 0 Å². The fourth-order valence-corrected chi connectivity index (χ4v) is 20.2. The van der Waals surface area contributed by atoms with Gasteiger partial charge in [-0.1, -0.05) is 269 Å². The minimum absolute atomic E-state index is 0.930. The van der Waals surface area contributed by atoms with Crippen LogP contribution in [0.1, 0.15) is 101 Å². The van der Waals surface area contributed by atoms with Crippen molar-refractivity contribution in [2.45, 2.75) is 125 Å². The number of pyridine rings is 4. The first-order valence-electron chi connectivity index (χ1n) is 42.5. The Labute approximate surface area is 748 Å². The maximum Gasteiger partial charge on any atom is 0.0889 e. The van der Waals surface area contributed by atoms with Crippen molar-refractivity contribution in [2.24, 2.45) is 0 Å². The molecule has 0 bridgehead atoms. The third-order valence-corrected chi connectivity index (χ3v) is 27.1. The van der Waals surface area contributed by atoms with Gasteiger partial charge in [0.2, 0.25) is 0 Å². The van der Waals surface area contributed by atoms with E-state index in [2.05, 4.69) is 384 Å². The van der Waals surface area contributed by atoms with E-state index in [1.165, 1.54) is 202 Å². The molecule has 14 aromatic carbocycles. The van der Waals surface area contributed by atoms with Crippen molar-refractivity contribution in [3.05, 3.63) is 429 Å². The summed E-state index contributed by atoms with van der Waals surface area (Å²) in [7, 11) is 0. The highest BCUT2D eigenvalue weighted by Gasteiger charge is 2.12. The van der Waals surface area contributed by atoms with Crippen LogP contribution in [0.2, 0.25) is 0 Å². The predicted octanol–water partition coefficient (Wildman–Crippen LogP) is 34.6. The van der Waals surface area contributed by atoms with Crippen LogP contribution in [0.4, 0.5) is 0 Å². The lowest BCUT2D eigenvalue weighted by Crippen LogP contribution is -1.89. The third kappa shape index (κ3) is 22.0. The van der Waals surface area contributed by atoms with Crippen LogP contribution >= 0.6 is 45.3 Å². The molecule has 0 atom stereocenters. The summed E-state index contributed by atoms with van der Waals surface area (Å²) in [5.41, 5.74) is 27.3. The molecule has 0 aliphatic heterocycles. The molecule has 0 radical (unpaired) electrons. The lowest BCUT2D eigenvalue weighted by atomic mass is 10.0. The number of hydrogen-bond acceptors (Lipinski definition) is 8. The van der Waals surface area contributed by atoms with Gasteiger partial charge in [0.25, 0.3) is 0 Å². The van der Waals surface area contributed by atoms with E-state index in [9.17, 15) is 0 Å². The minimum atomic E-state index is 0.930. The van der Waals surface area contributed by atoms with Crippen LogP contribution < -0.4 is 0 Å². The van der Waals surface area contributed by atoms with Crippen molar-refractivity contribution in [1.82, 2.24) is 19.9 Å².